The summed E-state index contributed by atoms with van der Waals surface area (Å²) in [6, 6.07) is 20.3. The molecule has 0 radical (unpaired) electrons. The second kappa shape index (κ2) is 7.45. The monoisotopic (exact) mass is 442 g/mol. The molecule has 2 aromatic heterocycles. The van der Waals surface area contributed by atoms with Gasteiger partial charge in [0.2, 0.25) is 0 Å². The highest BCUT2D eigenvalue weighted by molar-refractivity contribution is 6.09. The number of alkyl halides is 3. The number of hydrogen-bond donors (Lipinski definition) is 0. The Labute approximate surface area is 187 Å². The second-order valence-corrected chi connectivity index (χ2v) is 7.90. The van der Waals surface area contributed by atoms with Crippen LogP contribution >= 0.6 is 0 Å². The standard InChI is InChI=1S/C26H17F3N4/c1-15-11-16(2)32-25(31-15)17-7-8-18(14-30)23(12-17)33-22-6-4-3-5-20(22)21-10-9-19(13-24(21)33)26(27,28)29/h3-13H,1-2H3. The summed E-state index contributed by atoms with van der Waals surface area (Å²) in [5, 5.41) is 11.3. The van der Waals surface area contributed by atoms with Crippen LogP contribution in [0.3, 0.4) is 0 Å². The molecular weight excluding hydrogens is 425 g/mol. The van der Waals surface area contributed by atoms with Gasteiger partial charge in [-0.25, -0.2) is 9.97 Å². The Kier molecular flexibility index (Phi) is 4.68. The van der Waals surface area contributed by atoms with E-state index in [4.69, 9.17) is 0 Å². The van der Waals surface area contributed by atoms with E-state index < -0.39 is 11.7 Å². The normalized spacial score (nSPS) is 11.8. The zero-order valence-electron chi connectivity index (χ0n) is 17.8. The Balaban J connectivity index is 1.87. The third-order valence-corrected chi connectivity index (χ3v) is 5.60. The van der Waals surface area contributed by atoms with E-state index in [0.717, 1.165) is 28.9 Å². The van der Waals surface area contributed by atoms with Gasteiger partial charge in [0.05, 0.1) is 27.8 Å². The molecule has 0 saturated heterocycles. The lowest BCUT2D eigenvalue weighted by molar-refractivity contribution is -0.137. The molecule has 0 bridgehead atoms. The predicted octanol–water partition coefficient (Wildman–Crippen LogP) is 6.75. The summed E-state index contributed by atoms with van der Waals surface area (Å²) >= 11 is 0. The van der Waals surface area contributed by atoms with E-state index in [9.17, 15) is 18.4 Å². The average Bonchev–Trinajstić information content (AvgIpc) is 3.11. The van der Waals surface area contributed by atoms with Crippen molar-refractivity contribution < 1.29 is 13.2 Å². The molecule has 4 nitrogen and oxygen atoms in total. The van der Waals surface area contributed by atoms with Crippen LogP contribution in [0.1, 0.15) is 22.5 Å². The van der Waals surface area contributed by atoms with E-state index in [-0.39, 0.29) is 0 Å². The lowest BCUT2D eigenvalue weighted by Crippen LogP contribution is -2.05. The lowest BCUT2D eigenvalue weighted by atomic mass is 10.1. The van der Waals surface area contributed by atoms with E-state index >= 15 is 0 Å². The fraction of sp³-hybridized carbons (Fsp3) is 0.115. The summed E-state index contributed by atoms with van der Waals surface area (Å²) < 4.78 is 42.3. The van der Waals surface area contributed by atoms with Gasteiger partial charge >= 0.3 is 6.18 Å². The Morgan fingerprint density at radius 2 is 1.52 bits per heavy atom. The number of hydrogen-bond acceptors (Lipinski definition) is 3. The van der Waals surface area contributed by atoms with Gasteiger partial charge < -0.3 is 4.57 Å². The van der Waals surface area contributed by atoms with Crippen LogP contribution in [-0.2, 0) is 6.18 Å². The zero-order valence-corrected chi connectivity index (χ0v) is 17.8. The number of aromatic nitrogens is 3. The van der Waals surface area contributed by atoms with Crippen molar-refractivity contribution in [2.75, 3.05) is 0 Å². The summed E-state index contributed by atoms with van der Waals surface area (Å²) in [5.74, 6) is 0.495. The maximum atomic E-state index is 13.5. The molecule has 5 rings (SSSR count). The Morgan fingerprint density at radius 1 is 0.818 bits per heavy atom. The molecule has 0 atom stereocenters. The molecule has 0 spiro atoms. The highest BCUT2D eigenvalue weighted by Gasteiger charge is 2.31. The van der Waals surface area contributed by atoms with Crippen molar-refractivity contribution >= 4 is 21.8 Å². The fourth-order valence-electron chi connectivity index (χ4n) is 4.21. The molecule has 0 N–H and O–H groups in total. The summed E-state index contributed by atoms with van der Waals surface area (Å²) in [4.78, 5) is 9.00. The molecule has 0 aliphatic rings. The van der Waals surface area contributed by atoms with Crippen LogP contribution in [0.25, 0.3) is 38.9 Å². The average molecular weight is 442 g/mol. The van der Waals surface area contributed by atoms with Gasteiger partial charge in [-0.05, 0) is 56.3 Å². The van der Waals surface area contributed by atoms with Crippen LogP contribution in [0, 0.1) is 25.2 Å². The van der Waals surface area contributed by atoms with Crippen LogP contribution in [0.5, 0.6) is 0 Å². The summed E-state index contributed by atoms with van der Waals surface area (Å²) in [6.45, 7) is 3.74. The van der Waals surface area contributed by atoms with Crippen molar-refractivity contribution in [3.63, 3.8) is 0 Å². The number of halogens is 3. The van der Waals surface area contributed by atoms with Gasteiger partial charge in [0.15, 0.2) is 5.82 Å². The van der Waals surface area contributed by atoms with Crippen molar-refractivity contribution in [1.82, 2.24) is 14.5 Å². The van der Waals surface area contributed by atoms with Gasteiger partial charge in [0.1, 0.15) is 6.07 Å². The Bertz CT molecular complexity index is 1570. The minimum Gasteiger partial charge on any atom is -0.308 e. The van der Waals surface area contributed by atoms with Crippen LogP contribution < -0.4 is 0 Å². The molecule has 0 fully saturated rings. The first-order valence-corrected chi connectivity index (χ1v) is 10.2. The van der Waals surface area contributed by atoms with Crippen molar-refractivity contribution in [1.29, 1.82) is 5.26 Å². The lowest BCUT2D eigenvalue weighted by Gasteiger charge is -2.13. The molecule has 33 heavy (non-hydrogen) atoms. The molecule has 0 aliphatic heterocycles. The summed E-state index contributed by atoms with van der Waals surface area (Å²) in [6.07, 6.45) is -4.48. The molecule has 3 aromatic carbocycles. The number of benzene rings is 3. The second-order valence-electron chi connectivity index (χ2n) is 7.90. The summed E-state index contributed by atoms with van der Waals surface area (Å²) in [5.41, 5.74) is 3.43. The molecule has 0 unspecified atom stereocenters. The third kappa shape index (κ3) is 3.50. The van der Waals surface area contributed by atoms with Crippen molar-refractivity contribution in [3.8, 4) is 23.1 Å². The molecule has 0 saturated carbocycles. The van der Waals surface area contributed by atoms with Crippen molar-refractivity contribution in [2.45, 2.75) is 20.0 Å². The maximum absolute atomic E-state index is 13.5. The maximum Gasteiger partial charge on any atom is 0.416 e. The van der Waals surface area contributed by atoms with E-state index in [1.807, 2.05) is 44.2 Å². The van der Waals surface area contributed by atoms with Gasteiger partial charge in [-0.15, -0.1) is 0 Å². The first kappa shape index (κ1) is 20.7. The smallest absolute Gasteiger partial charge is 0.308 e. The van der Waals surface area contributed by atoms with Crippen LogP contribution in [0.15, 0.2) is 66.7 Å². The van der Waals surface area contributed by atoms with E-state index in [2.05, 4.69) is 16.0 Å². The first-order valence-electron chi connectivity index (χ1n) is 10.2. The van der Waals surface area contributed by atoms with Crippen LogP contribution in [-0.4, -0.2) is 14.5 Å². The number of fused-ring (bicyclic) bond motifs is 3. The van der Waals surface area contributed by atoms with E-state index in [1.54, 1.807) is 22.8 Å². The molecule has 5 aromatic rings. The Morgan fingerprint density at radius 3 is 2.21 bits per heavy atom. The van der Waals surface area contributed by atoms with Gasteiger partial charge in [-0.1, -0.05) is 24.3 Å². The highest BCUT2D eigenvalue weighted by Crippen LogP contribution is 2.38. The first-order chi connectivity index (χ1) is 15.8. The van der Waals surface area contributed by atoms with Gasteiger partial charge in [0, 0.05) is 27.7 Å². The van der Waals surface area contributed by atoms with Crippen molar-refractivity contribution in [2.24, 2.45) is 0 Å². The Hall–Kier alpha value is -4.18. The van der Waals surface area contributed by atoms with Crippen molar-refractivity contribution in [3.05, 3.63) is 89.2 Å². The largest absolute Gasteiger partial charge is 0.416 e. The molecule has 2 heterocycles. The highest BCUT2D eigenvalue weighted by atomic mass is 19.4. The van der Waals surface area contributed by atoms with Crippen LogP contribution in [0.2, 0.25) is 0 Å². The predicted molar refractivity (Wildman–Crippen MR) is 121 cm³/mol. The quantitative estimate of drug-likeness (QED) is 0.304. The fourth-order valence-corrected chi connectivity index (χ4v) is 4.21. The zero-order chi connectivity index (χ0) is 23.3. The molecule has 0 aliphatic carbocycles. The molecule has 7 heteroatoms. The molecule has 0 amide bonds. The SMILES string of the molecule is Cc1cc(C)nc(-c2ccc(C#N)c(-n3c4ccccc4c4ccc(C(F)(F)F)cc43)c2)n1. The molecular formula is C26H17F3N4. The summed E-state index contributed by atoms with van der Waals surface area (Å²) in [7, 11) is 0. The number of rotatable bonds is 2. The van der Waals surface area contributed by atoms with E-state index in [1.165, 1.54) is 6.07 Å². The third-order valence-electron chi connectivity index (χ3n) is 5.60. The molecule has 162 valence electrons. The topological polar surface area (TPSA) is 54.5 Å². The van der Waals surface area contributed by atoms with Gasteiger partial charge in [0.25, 0.3) is 0 Å². The number of para-hydroxylation sites is 1. The van der Waals surface area contributed by atoms with Gasteiger partial charge in [-0.3, -0.25) is 0 Å². The number of nitriles is 1. The minimum atomic E-state index is -4.48. The number of nitrogens with zero attached hydrogens (tertiary/aromatic N) is 4. The van der Waals surface area contributed by atoms with E-state index in [0.29, 0.717) is 39.1 Å². The minimum absolute atomic E-state index is 0.336. The van der Waals surface area contributed by atoms with Crippen LogP contribution in [0.4, 0.5) is 13.2 Å². The number of aryl methyl sites for hydroxylation is 2. The van der Waals surface area contributed by atoms with Gasteiger partial charge in [-0.2, -0.15) is 18.4 Å².